The predicted octanol–water partition coefficient (Wildman–Crippen LogP) is 2.25. The topological polar surface area (TPSA) is 35.5 Å². The Morgan fingerprint density at radius 3 is 2.33 bits per heavy atom. The lowest BCUT2D eigenvalue weighted by Crippen LogP contribution is -2.60. The van der Waals surface area contributed by atoms with E-state index in [1.54, 1.807) is 0 Å². The zero-order valence-corrected chi connectivity index (χ0v) is 12.9. The molecule has 0 aromatic heterocycles. The molecular weight excluding hydrogens is 224 g/mol. The Kier molecular flexibility index (Phi) is 6.09. The fourth-order valence-electron chi connectivity index (χ4n) is 2.97. The van der Waals surface area contributed by atoms with E-state index >= 15 is 0 Å². The van der Waals surface area contributed by atoms with Crippen LogP contribution in [-0.2, 0) is 0 Å². The molecule has 0 aliphatic heterocycles. The van der Waals surface area contributed by atoms with Gasteiger partial charge in [-0.05, 0) is 39.2 Å². The van der Waals surface area contributed by atoms with Crippen molar-refractivity contribution in [2.75, 3.05) is 20.2 Å². The summed E-state index contributed by atoms with van der Waals surface area (Å²) in [6.07, 6.45) is 4.97. The van der Waals surface area contributed by atoms with Gasteiger partial charge in [0.25, 0.3) is 0 Å². The van der Waals surface area contributed by atoms with Crippen molar-refractivity contribution in [3.05, 3.63) is 0 Å². The zero-order valence-electron chi connectivity index (χ0n) is 12.9. The van der Waals surface area contributed by atoms with Gasteiger partial charge in [-0.15, -0.1) is 0 Å². The molecule has 2 N–H and O–H groups in total. The van der Waals surface area contributed by atoms with Crippen LogP contribution in [0.1, 0.15) is 53.4 Å². The smallest absolute Gasteiger partial charge is 0.0628 e. The largest absolute Gasteiger partial charge is 0.394 e. The van der Waals surface area contributed by atoms with Crippen molar-refractivity contribution < 1.29 is 5.11 Å². The first-order valence-electron chi connectivity index (χ1n) is 7.54. The fourth-order valence-corrected chi connectivity index (χ4v) is 2.97. The second-order valence-corrected chi connectivity index (χ2v) is 6.44. The minimum Gasteiger partial charge on any atom is -0.394 e. The van der Waals surface area contributed by atoms with Crippen LogP contribution in [0.15, 0.2) is 0 Å². The number of likely N-dealkylation sites (N-methyl/N-ethyl adjacent to an activating group) is 1. The summed E-state index contributed by atoms with van der Waals surface area (Å²) in [6.45, 7) is 10.1. The normalized spacial score (nSPS) is 21.3. The van der Waals surface area contributed by atoms with Gasteiger partial charge in [0, 0.05) is 18.6 Å². The van der Waals surface area contributed by atoms with Crippen molar-refractivity contribution in [3.63, 3.8) is 0 Å². The maximum Gasteiger partial charge on any atom is 0.0628 e. The summed E-state index contributed by atoms with van der Waals surface area (Å²) in [6, 6.07) is 1.02. The molecule has 1 aliphatic carbocycles. The number of rotatable bonds is 9. The zero-order chi connectivity index (χ0) is 13.8. The molecule has 18 heavy (non-hydrogen) atoms. The lowest BCUT2D eigenvalue weighted by Gasteiger charge is -2.40. The third-order valence-corrected chi connectivity index (χ3v) is 4.21. The lowest BCUT2D eigenvalue weighted by molar-refractivity contribution is 0.0783. The van der Waals surface area contributed by atoms with Crippen LogP contribution in [0.2, 0.25) is 0 Å². The van der Waals surface area contributed by atoms with Crippen LogP contribution in [0.25, 0.3) is 0 Å². The molecule has 0 spiro atoms. The molecule has 108 valence electrons. The highest BCUT2D eigenvalue weighted by Crippen LogP contribution is 2.40. The summed E-state index contributed by atoms with van der Waals surface area (Å²) in [5, 5.41) is 13.5. The van der Waals surface area contributed by atoms with Crippen molar-refractivity contribution in [1.82, 2.24) is 10.2 Å². The van der Waals surface area contributed by atoms with E-state index in [4.69, 9.17) is 0 Å². The number of aliphatic hydroxyl groups excluding tert-OH is 1. The van der Waals surface area contributed by atoms with E-state index in [1.165, 1.54) is 25.7 Å². The van der Waals surface area contributed by atoms with Crippen molar-refractivity contribution in [1.29, 1.82) is 0 Å². The summed E-state index contributed by atoms with van der Waals surface area (Å²) in [5.74, 6) is 0.654. The minimum absolute atomic E-state index is 0.0923. The van der Waals surface area contributed by atoms with Crippen LogP contribution in [0, 0.1) is 5.92 Å². The average molecular weight is 256 g/mol. The Morgan fingerprint density at radius 2 is 1.94 bits per heavy atom. The maximum atomic E-state index is 9.91. The van der Waals surface area contributed by atoms with Crippen LogP contribution >= 0.6 is 0 Å². The van der Waals surface area contributed by atoms with E-state index in [2.05, 4.69) is 45.0 Å². The second kappa shape index (κ2) is 6.88. The number of hydrogen-bond donors (Lipinski definition) is 2. The summed E-state index contributed by atoms with van der Waals surface area (Å²) < 4.78 is 0. The second-order valence-electron chi connectivity index (χ2n) is 6.44. The third kappa shape index (κ3) is 4.22. The molecule has 3 nitrogen and oxygen atoms in total. The molecule has 0 radical (unpaired) electrons. The van der Waals surface area contributed by atoms with Crippen molar-refractivity contribution in [2.45, 2.75) is 71.0 Å². The number of nitrogens with zero attached hydrogens (tertiary/aromatic N) is 1. The molecule has 0 aromatic carbocycles. The Balaban J connectivity index is 2.65. The fraction of sp³-hybridized carbons (Fsp3) is 1.00. The van der Waals surface area contributed by atoms with Gasteiger partial charge in [-0.25, -0.2) is 0 Å². The van der Waals surface area contributed by atoms with Crippen molar-refractivity contribution in [3.8, 4) is 0 Å². The van der Waals surface area contributed by atoms with Crippen LogP contribution in [-0.4, -0.2) is 47.8 Å². The Labute approximate surface area is 113 Å². The molecule has 0 amide bonds. The molecule has 1 rings (SSSR count). The molecule has 1 aliphatic rings. The van der Waals surface area contributed by atoms with Gasteiger partial charge in [0.15, 0.2) is 0 Å². The van der Waals surface area contributed by atoms with E-state index in [0.29, 0.717) is 18.0 Å². The molecule has 2 unspecified atom stereocenters. The Morgan fingerprint density at radius 1 is 1.33 bits per heavy atom. The van der Waals surface area contributed by atoms with Gasteiger partial charge in [0.05, 0.1) is 12.1 Å². The van der Waals surface area contributed by atoms with Gasteiger partial charge in [0.2, 0.25) is 0 Å². The van der Waals surface area contributed by atoms with Gasteiger partial charge < -0.3 is 15.3 Å². The molecule has 3 heteroatoms. The lowest BCUT2D eigenvalue weighted by atomic mass is 9.91. The highest BCUT2D eigenvalue weighted by Gasteiger charge is 2.45. The monoisotopic (exact) mass is 256 g/mol. The first kappa shape index (κ1) is 15.9. The number of nitrogens with one attached hydrogen (secondary N) is 1. The number of aliphatic hydroxyl groups is 1. The highest BCUT2D eigenvalue weighted by molar-refractivity contribution is 5.03. The van der Waals surface area contributed by atoms with Crippen LogP contribution in [0.3, 0.4) is 0 Å². The molecule has 0 aromatic rings. The first-order chi connectivity index (χ1) is 8.45. The summed E-state index contributed by atoms with van der Waals surface area (Å²) in [4.78, 5) is 2.41. The quantitative estimate of drug-likeness (QED) is 0.664. The predicted molar refractivity (Wildman–Crippen MR) is 77.8 cm³/mol. The molecule has 0 heterocycles. The molecular formula is C15H32N2O. The first-order valence-corrected chi connectivity index (χ1v) is 7.54. The van der Waals surface area contributed by atoms with Crippen molar-refractivity contribution in [2.24, 2.45) is 5.92 Å². The Hall–Kier alpha value is -0.120. The standard InChI is InChI=1S/C15H32N2O/c1-6-7-13(4)17(5)10-15(11-18,14-8-9-14)16-12(2)3/h12-14,16,18H,6-11H2,1-5H3. The Bertz CT molecular complexity index is 241. The third-order valence-electron chi connectivity index (χ3n) is 4.21. The van der Waals surface area contributed by atoms with Crippen LogP contribution < -0.4 is 5.32 Å². The van der Waals surface area contributed by atoms with Crippen LogP contribution in [0.5, 0.6) is 0 Å². The molecule has 1 saturated carbocycles. The van der Waals surface area contributed by atoms with Gasteiger partial charge in [-0.2, -0.15) is 0 Å². The SMILES string of the molecule is CCCC(C)N(C)CC(CO)(NC(C)C)C1CC1. The molecule has 2 atom stereocenters. The summed E-state index contributed by atoms with van der Waals surface area (Å²) in [7, 11) is 2.19. The number of hydrogen-bond acceptors (Lipinski definition) is 3. The average Bonchev–Trinajstić information content (AvgIpc) is 3.11. The summed E-state index contributed by atoms with van der Waals surface area (Å²) >= 11 is 0. The molecule has 0 bridgehead atoms. The van der Waals surface area contributed by atoms with Crippen LogP contribution in [0.4, 0.5) is 0 Å². The molecule has 0 saturated heterocycles. The van der Waals surface area contributed by atoms with E-state index in [0.717, 1.165) is 6.54 Å². The maximum absolute atomic E-state index is 9.91. The van der Waals surface area contributed by atoms with E-state index < -0.39 is 0 Å². The van der Waals surface area contributed by atoms with Gasteiger partial charge in [-0.1, -0.05) is 27.2 Å². The van der Waals surface area contributed by atoms with Gasteiger partial charge >= 0.3 is 0 Å². The molecule has 1 fully saturated rings. The highest BCUT2D eigenvalue weighted by atomic mass is 16.3. The van der Waals surface area contributed by atoms with E-state index in [9.17, 15) is 5.11 Å². The van der Waals surface area contributed by atoms with Gasteiger partial charge in [0.1, 0.15) is 0 Å². The minimum atomic E-state index is -0.0923. The van der Waals surface area contributed by atoms with Crippen molar-refractivity contribution >= 4 is 0 Å². The van der Waals surface area contributed by atoms with Gasteiger partial charge in [-0.3, -0.25) is 0 Å². The summed E-state index contributed by atoms with van der Waals surface area (Å²) in [5.41, 5.74) is -0.0923. The van der Waals surface area contributed by atoms with E-state index in [-0.39, 0.29) is 12.1 Å². The van der Waals surface area contributed by atoms with E-state index in [1.807, 2.05) is 0 Å².